The van der Waals surface area contributed by atoms with Crippen molar-refractivity contribution in [3.8, 4) is 0 Å². The number of nitrogens with zero attached hydrogens (tertiary/aromatic N) is 1. The third kappa shape index (κ3) is 7.76. The molecule has 28 heavy (non-hydrogen) atoms. The Hall–Kier alpha value is -2.28. The molecule has 0 aliphatic rings. The number of para-hydroxylation sites is 1. The fourth-order valence-corrected chi connectivity index (χ4v) is 2.83. The molecule has 0 saturated heterocycles. The molecule has 156 valence electrons. The molecule has 0 spiro atoms. The van der Waals surface area contributed by atoms with Crippen LogP contribution in [-0.4, -0.2) is 4.57 Å². The van der Waals surface area contributed by atoms with Crippen LogP contribution in [0.2, 0.25) is 0 Å². The molecule has 0 unspecified atom stereocenters. The number of rotatable bonds is 5. The molecule has 0 aliphatic carbocycles. The summed E-state index contributed by atoms with van der Waals surface area (Å²) in [5.41, 5.74) is 5.19. The van der Waals surface area contributed by atoms with Crippen molar-refractivity contribution in [2.24, 2.45) is 0 Å². The number of aromatic nitrogens is 1. The average Bonchev–Trinajstić information content (AvgIpc) is 3.05. The predicted molar refractivity (Wildman–Crippen MR) is 133 cm³/mol. The summed E-state index contributed by atoms with van der Waals surface area (Å²) in [5.74, 6) is 0. The maximum absolute atomic E-state index is 2.36. The van der Waals surface area contributed by atoms with Gasteiger partial charge in [0, 0.05) is 16.8 Å². The summed E-state index contributed by atoms with van der Waals surface area (Å²) in [7, 11) is 0. The Balaban J connectivity index is 0. The maximum atomic E-state index is 2.36. The summed E-state index contributed by atoms with van der Waals surface area (Å²) < 4.78 is 2.36. The van der Waals surface area contributed by atoms with Gasteiger partial charge in [-0.3, -0.25) is 0 Å². The minimum Gasteiger partial charge on any atom is -0.314 e. The highest BCUT2D eigenvalue weighted by Gasteiger charge is 2.13. The van der Waals surface area contributed by atoms with Crippen molar-refractivity contribution in [1.82, 2.24) is 4.57 Å². The van der Waals surface area contributed by atoms with Crippen molar-refractivity contribution >= 4 is 16.6 Å². The lowest BCUT2D eigenvalue weighted by atomic mass is 10.1. The molecule has 0 fully saturated rings. The Labute approximate surface area is 175 Å². The Morgan fingerprint density at radius 2 is 1.46 bits per heavy atom. The monoisotopic (exact) mass is 381 g/mol. The van der Waals surface area contributed by atoms with Crippen LogP contribution in [-0.2, 0) is 6.42 Å². The number of hydrogen-bond acceptors (Lipinski definition) is 0. The van der Waals surface area contributed by atoms with Crippen molar-refractivity contribution in [3.05, 3.63) is 78.1 Å². The van der Waals surface area contributed by atoms with Gasteiger partial charge in [0.15, 0.2) is 0 Å². The van der Waals surface area contributed by atoms with Crippen LogP contribution in [0.3, 0.4) is 0 Å². The first-order valence-corrected chi connectivity index (χ1v) is 10.9. The minimum absolute atomic E-state index is 0.975. The normalized spacial score (nSPS) is 11.1. The van der Waals surface area contributed by atoms with Crippen molar-refractivity contribution in [1.29, 1.82) is 0 Å². The van der Waals surface area contributed by atoms with Gasteiger partial charge in [0.25, 0.3) is 0 Å². The van der Waals surface area contributed by atoms with Gasteiger partial charge in [-0.2, -0.15) is 0 Å². The first-order valence-electron chi connectivity index (χ1n) is 10.9. The van der Waals surface area contributed by atoms with E-state index in [1.165, 1.54) is 27.9 Å². The maximum Gasteiger partial charge on any atom is 0.0534 e. The molecule has 1 aromatic heterocycles. The summed E-state index contributed by atoms with van der Waals surface area (Å²) in [6.07, 6.45) is 15.9. The molecule has 1 nitrogen and oxygen atoms in total. The Morgan fingerprint density at radius 3 is 2.00 bits per heavy atom. The van der Waals surface area contributed by atoms with E-state index in [9.17, 15) is 0 Å². The van der Waals surface area contributed by atoms with Gasteiger partial charge in [0.2, 0.25) is 0 Å². The van der Waals surface area contributed by atoms with Crippen LogP contribution in [0.15, 0.2) is 66.8 Å². The summed E-state index contributed by atoms with van der Waals surface area (Å²) in [4.78, 5) is 0. The zero-order valence-corrected chi connectivity index (χ0v) is 20.0. The zero-order valence-electron chi connectivity index (χ0n) is 20.0. The second kappa shape index (κ2) is 18.1. The van der Waals surface area contributed by atoms with Gasteiger partial charge in [-0.1, -0.05) is 90.1 Å². The molecule has 2 aromatic rings. The van der Waals surface area contributed by atoms with Gasteiger partial charge in [0.05, 0.1) is 5.52 Å². The van der Waals surface area contributed by atoms with E-state index in [4.69, 9.17) is 0 Å². The van der Waals surface area contributed by atoms with Crippen LogP contribution in [0.5, 0.6) is 0 Å². The summed E-state index contributed by atoms with van der Waals surface area (Å²) in [6.45, 7) is 20.4. The van der Waals surface area contributed by atoms with E-state index in [0.717, 1.165) is 6.42 Å². The van der Waals surface area contributed by atoms with Gasteiger partial charge in [-0.25, -0.2) is 0 Å². The van der Waals surface area contributed by atoms with E-state index in [-0.39, 0.29) is 0 Å². The predicted octanol–water partition coefficient (Wildman–Crippen LogP) is 9.14. The second-order valence-corrected chi connectivity index (χ2v) is 5.31. The first-order chi connectivity index (χ1) is 13.7. The first kappa shape index (κ1) is 27.9. The van der Waals surface area contributed by atoms with Gasteiger partial charge in [-0.15, -0.1) is 0 Å². The van der Waals surface area contributed by atoms with Crippen molar-refractivity contribution in [2.45, 2.75) is 75.7 Å². The summed E-state index contributed by atoms with van der Waals surface area (Å²) in [5, 5.41) is 1.34. The summed E-state index contributed by atoms with van der Waals surface area (Å²) in [6, 6.07) is 8.66. The van der Waals surface area contributed by atoms with E-state index in [1.54, 1.807) is 0 Å². The van der Waals surface area contributed by atoms with Gasteiger partial charge < -0.3 is 4.57 Å². The largest absolute Gasteiger partial charge is 0.314 e. The van der Waals surface area contributed by atoms with E-state index < -0.39 is 0 Å². The van der Waals surface area contributed by atoms with Gasteiger partial charge in [-0.05, 0) is 57.9 Å². The molecule has 1 aromatic carbocycles. The molecule has 0 saturated carbocycles. The van der Waals surface area contributed by atoms with Crippen LogP contribution in [0.4, 0.5) is 0 Å². The number of hydrogen-bond donors (Lipinski definition) is 0. The van der Waals surface area contributed by atoms with Crippen LogP contribution < -0.4 is 0 Å². The molecular formula is C27H43N. The Kier molecular flexibility index (Phi) is 18.1. The number of fused-ring (bicyclic) bond motifs is 1. The molecular weight excluding hydrogens is 338 g/mol. The van der Waals surface area contributed by atoms with Crippen molar-refractivity contribution < 1.29 is 0 Å². The second-order valence-electron chi connectivity index (χ2n) is 5.31. The lowest BCUT2D eigenvalue weighted by Gasteiger charge is -2.09. The smallest absolute Gasteiger partial charge is 0.0534 e. The SMILES string of the molecule is CC.CC.CC.C\C=C/C=C(\C=C/C)n1c(C)c(C/C=C\C)c2ccccc21. The Bertz CT molecular complexity index is 752. The van der Waals surface area contributed by atoms with Crippen LogP contribution in [0.25, 0.3) is 16.6 Å². The molecule has 0 N–H and O–H groups in total. The number of benzene rings is 1. The van der Waals surface area contributed by atoms with E-state index in [2.05, 4.69) is 92.1 Å². The van der Waals surface area contributed by atoms with E-state index in [1.807, 2.05) is 48.5 Å². The summed E-state index contributed by atoms with van der Waals surface area (Å²) >= 11 is 0. The molecule has 0 bridgehead atoms. The van der Waals surface area contributed by atoms with E-state index >= 15 is 0 Å². The van der Waals surface area contributed by atoms with Crippen molar-refractivity contribution in [3.63, 3.8) is 0 Å². The molecule has 0 aliphatic heterocycles. The highest BCUT2D eigenvalue weighted by Crippen LogP contribution is 2.30. The standard InChI is InChI=1S/C21H25N.3C2H6/c1-5-8-13-18(12-7-3)22-17(4)19(14-9-6-2)20-15-10-11-16-21(20)22;3*1-2/h5-13,15-16H,14H2,1-4H3;3*1-2H3/b8-5-,9-6-,12-7-,18-13+;;;. The third-order valence-corrected chi connectivity index (χ3v) is 3.85. The quantitative estimate of drug-likeness (QED) is 0.359. The average molecular weight is 382 g/mol. The lowest BCUT2D eigenvalue weighted by molar-refractivity contribution is 1.06. The molecule has 1 heterocycles. The molecule has 1 heteroatoms. The fourth-order valence-electron chi connectivity index (χ4n) is 2.83. The number of allylic oxidation sites excluding steroid dienone is 8. The third-order valence-electron chi connectivity index (χ3n) is 3.85. The van der Waals surface area contributed by atoms with Gasteiger partial charge in [0.1, 0.15) is 0 Å². The fraction of sp³-hybridized carbons (Fsp3) is 0.407. The van der Waals surface area contributed by atoms with Crippen LogP contribution >= 0.6 is 0 Å². The molecule has 0 amide bonds. The lowest BCUT2D eigenvalue weighted by Crippen LogP contribution is -1.98. The highest BCUT2D eigenvalue weighted by atomic mass is 15.0. The zero-order chi connectivity index (χ0) is 21.9. The van der Waals surface area contributed by atoms with Crippen LogP contribution in [0, 0.1) is 6.92 Å². The topological polar surface area (TPSA) is 4.93 Å². The molecule has 0 atom stereocenters. The van der Waals surface area contributed by atoms with E-state index in [0.29, 0.717) is 0 Å². The van der Waals surface area contributed by atoms with Gasteiger partial charge >= 0.3 is 0 Å². The molecule has 2 rings (SSSR count). The Morgan fingerprint density at radius 1 is 0.857 bits per heavy atom. The molecule has 0 radical (unpaired) electrons. The minimum atomic E-state index is 0.975. The highest BCUT2D eigenvalue weighted by molar-refractivity contribution is 5.90. The van der Waals surface area contributed by atoms with Crippen molar-refractivity contribution in [2.75, 3.05) is 0 Å². The van der Waals surface area contributed by atoms with Crippen LogP contribution in [0.1, 0.15) is 73.6 Å².